The fourth-order valence-corrected chi connectivity index (χ4v) is 5.24. The average Bonchev–Trinajstić information content (AvgIpc) is 3.11. The van der Waals surface area contributed by atoms with Crippen LogP contribution in [0.2, 0.25) is 0 Å². The number of aryl methyl sites for hydroxylation is 1. The van der Waals surface area contributed by atoms with Crippen LogP contribution < -0.4 is 5.32 Å². The van der Waals surface area contributed by atoms with E-state index in [0.717, 1.165) is 66.9 Å². The molecule has 1 aromatic rings. The number of carbonyl (C=O) groups is 1. The van der Waals surface area contributed by atoms with E-state index in [4.69, 9.17) is 21.3 Å². The average molecular weight is 632 g/mol. The molecule has 1 amide bonds. The number of nitrogens with zero attached hydrogens (tertiary/aromatic N) is 5. The lowest BCUT2D eigenvalue weighted by Gasteiger charge is -2.34. The Morgan fingerprint density at radius 2 is 2.10 bits per heavy atom. The SMILES string of the molecule is C=NN(C1=NC=C(Br)C=CC1Cl)/C(C)=C(\C)C(=O)Nc1cnc(/C(C)=C/CC(CCC)N2CCOCC2)c(C)c1. The number of rotatable bonds is 10. The van der Waals surface area contributed by atoms with Crippen molar-refractivity contribution in [2.75, 3.05) is 31.6 Å². The number of alkyl halides is 1. The number of pyridine rings is 1. The molecule has 10 heteroatoms. The minimum absolute atomic E-state index is 0.270. The van der Waals surface area contributed by atoms with Gasteiger partial charge in [0.1, 0.15) is 5.38 Å². The number of hydrazone groups is 1. The summed E-state index contributed by atoms with van der Waals surface area (Å²) in [4.78, 5) is 24.8. The van der Waals surface area contributed by atoms with Crippen LogP contribution in [0.1, 0.15) is 58.2 Å². The first-order valence-corrected chi connectivity index (χ1v) is 14.9. The van der Waals surface area contributed by atoms with E-state index < -0.39 is 5.38 Å². The third-order valence-corrected chi connectivity index (χ3v) is 7.95. The number of hydrogen-bond donors (Lipinski definition) is 1. The molecule has 40 heavy (non-hydrogen) atoms. The van der Waals surface area contributed by atoms with Gasteiger partial charge in [-0.2, -0.15) is 5.10 Å². The van der Waals surface area contributed by atoms with Gasteiger partial charge in [0.05, 0.1) is 30.8 Å². The van der Waals surface area contributed by atoms with Crippen molar-refractivity contribution in [3.63, 3.8) is 0 Å². The van der Waals surface area contributed by atoms with E-state index in [1.165, 1.54) is 5.01 Å². The monoisotopic (exact) mass is 630 g/mol. The van der Waals surface area contributed by atoms with Gasteiger partial charge in [0.25, 0.3) is 5.91 Å². The molecule has 2 unspecified atom stereocenters. The number of amidine groups is 1. The molecule has 0 aromatic carbocycles. The second kappa shape index (κ2) is 15.4. The number of allylic oxidation sites excluding steroid dienone is 4. The zero-order chi connectivity index (χ0) is 29.2. The third-order valence-electron chi connectivity index (χ3n) is 7.14. The first kappa shape index (κ1) is 31.9. The second-order valence-corrected chi connectivity index (χ2v) is 11.4. The molecule has 1 fully saturated rings. The Kier molecular flexibility index (Phi) is 12.3. The van der Waals surface area contributed by atoms with Gasteiger partial charge in [0, 0.05) is 47.8 Å². The molecule has 1 saturated heterocycles. The highest BCUT2D eigenvalue weighted by Crippen LogP contribution is 2.24. The highest BCUT2D eigenvalue weighted by atomic mass is 79.9. The molecule has 0 saturated carbocycles. The summed E-state index contributed by atoms with van der Waals surface area (Å²) in [5.74, 6) is 0.179. The molecule has 3 rings (SSSR count). The minimum Gasteiger partial charge on any atom is -0.379 e. The van der Waals surface area contributed by atoms with Gasteiger partial charge in [-0.05, 0) is 79.7 Å². The van der Waals surface area contributed by atoms with E-state index >= 15 is 0 Å². The quantitative estimate of drug-likeness (QED) is 0.135. The molecular weight excluding hydrogens is 592 g/mol. The number of morpholine rings is 1. The first-order valence-electron chi connectivity index (χ1n) is 13.6. The van der Waals surface area contributed by atoms with Gasteiger partial charge in [0.15, 0.2) is 5.84 Å². The summed E-state index contributed by atoms with van der Waals surface area (Å²) in [6.45, 7) is 17.1. The van der Waals surface area contributed by atoms with Crippen molar-refractivity contribution >= 4 is 57.3 Å². The summed E-state index contributed by atoms with van der Waals surface area (Å²) < 4.78 is 6.32. The standard InChI is InChI=1S/C30H40BrClN6O2/c1-7-8-26(37-13-15-40-16-14-37)11-9-20(2)28-21(3)17-25(19-34-28)36-30(39)22(4)23(5)38(33-6)29-27(32)12-10-24(31)18-35-29/h9-10,12,17-19,26-27H,6-8,11,13-16H2,1-5H3,(H,36,39)/b20-9+,23-22+. The van der Waals surface area contributed by atoms with Crippen LogP contribution in [-0.4, -0.2) is 71.1 Å². The van der Waals surface area contributed by atoms with Crippen molar-refractivity contribution in [3.8, 4) is 0 Å². The molecule has 0 radical (unpaired) electrons. The van der Waals surface area contributed by atoms with Crippen molar-refractivity contribution in [1.82, 2.24) is 14.9 Å². The normalized spacial score (nSPS) is 19.7. The fourth-order valence-electron chi connectivity index (χ4n) is 4.77. The van der Waals surface area contributed by atoms with Gasteiger partial charge < -0.3 is 10.1 Å². The van der Waals surface area contributed by atoms with E-state index in [2.05, 4.69) is 62.9 Å². The molecule has 0 aliphatic carbocycles. The number of hydrogen-bond acceptors (Lipinski definition) is 7. The van der Waals surface area contributed by atoms with E-state index in [0.29, 0.717) is 28.8 Å². The number of ether oxygens (including phenoxy) is 1. The van der Waals surface area contributed by atoms with Gasteiger partial charge in [-0.25, -0.2) is 10.0 Å². The number of aliphatic imine (C=N–C) groups is 1. The van der Waals surface area contributed by atoms with E-state index in [1.807, 2.05) is 19.1 Å². The molecule has 2 aliphatic heterocycles. The van der Waals surface area contributed by atoms with Crippen molar-refractivity contribution in [3.05, 3.63) is 63.7 Å². The lowest BCUT2D eigenvalue weighted by Crippen LogP contribution is -2.43. The van der Waals surface area contributed by atoms with Gasteiger partial charge >= 0.3 is 0 Å². The summed E-state index contributed by atoms with van der Waals surface area (Å²) in [5.41, 5.74) is 4.72. The van der Waals surface area contributed by atoms with Crippen LogP contribution in [0.3, 0.4) is 0 Å². The Morgan fingerprint density at radius 1 is 1.38 bits per heavy atom. The Labute approximate surface area is 251 Å². The molecule has 216 valence electrons. The maximum Gasteiger partial charge on any atom is 0.253 e. The van der Waals surface area contributed by atoms with Crippen LogP contribution in [0.4, 0.5) is 5.69 Å². The topological polar surface area (TPSA) is 82.4 Å². The lowest BCUT2D eigenvalue weighted by molar-refractivity contribution is -0.112. The summed E-state index contributed by atoms with van der Waals surface area (Å²) in [6.07, 6.45) is 12.5. The van der Waals surface area contributed by atoms with Crippen molar-refractivity contribution in [1.29, 1.82) is 0 Å². The number of amides is 1. The fraction of sp³-hybridized carbons (Fsp3) is 0.467. The summed E-state index contributed by atoms with van der Waals surface area (Å²) >= 11 is 9.89. The van der Waals surface area contributed by atoms with Crippen LogP contribution in [0.25, 0.3) is 5.57 Å². The minimum atomic E-state index is -0.538. The van der Waals surface area contributed by atoms with Gasteiger partial charge in [-0.15, -0.1) is 11.6 Å². The number of nitrogens with one attached hydrogen (secondary N) is 1. The van der Waals surface area contributed by atoms with Crippen LogP contribution in [0.5, 0.6) is 0 Å². The molecular formula is C30H40BrClN6O2. The van der Waals surface area contributed by atoms with Crippen LogP contribution in [-0.2, 0) is 9.53 Å². The number of carbonyl (C=O) groups excluding carboxylic acids is 1. The molecule has 0 spiro atoms. The van der Waals surface area contributed by atoms with Crippen LogP contribution in [0, 0.1) is 6.92 Å². The molecule has 0 bridgehead atoms. The Balaban J connectivity index is 1.72. The number of halogens is 2. The molecule has 3 heterocycles. The smallest absolute Gasteiger partial charge is 0.253 e. The summed E-state index contributed by atoms with van der Waals surface area (Å²) in [7, 11) is 0. The molecule has 8 nitrogen and oxygen atoms in total. The third kappa shape index (κ3) is 8.46. The van der Waals surface area contributed by atoms with Gasteiger partial charge in [0.2, 0.25) is 0 Å². The highest BCUT2D eigenvalue weighted by molar-refractivity contribution is 9.11. The number of anilines is 1. The lowest BCUT2D eigenvalue weighted by atomic mass is 10.0. The predicted molar refractivity (Wildman–Crippen MR) is 170 cm³/mol. The van der Waals surface area contributed by atoms with Gasteiger partial charge in [-0.3, -0.25) is 14.7 Å². The van der Waals surface area contributed by atoms with E-state index in [9.17, 15) is 4.79 Å². The Bertz CT molecular complexity index is 1230. The second-order valence-electron chi connectivity index (χ2n) is 9.98. The molecule has 1 N–H and O–H groups in total. The van der Waals surface area contributed by atoms with Crippen LogP contribution >= 0.6 is 27.5 Å². The first-order chi connectivity index (χ1) is 19.2. The maximum atomic E-state index is 13.2. The summed E-state index contributed by atoms with van der Waals surface area (Å²) in [5, 5.41) is 7.99. The van der Waals surface area contributed by atoms with Crippen molar-refractivity contribution in [2.24, 2.45) is 10.1 Å². The zero-order valence-corrected chi connectivity index (χ0v) is 26.4. The van der Waals surface area contributed by atoms with Gasteiger partial charge in [-0.1, -0.05) is 25.5 Å². The molecule has 1 aromatic heterocycles. The zero-order valence-electron chi connectivity index (χ0n) is 24.1. The number of aromatic nitrogens is 1. The molecule has 2 aliphatic rings. The Hall–Kier alpha value is -2.59. The van der Waals surface area contributed by atoms with E-state index in [1.54, 1.807) is 32.3 Å². The van der Waals surface area contributed by atoms with Crippen LogP contribution in [0.15, 0.2) is 62.5 Å². The Morgan fingerprint density at radius 3 is 2.75 bits per heavy atom. The highest BCUT2D eigenvalue weighted by Gasteiger charge is 2.23. The largest absolute Gasteiger partial charge is 0.379 e. The van der Waals surface area contributed by atoms with Crippen molar-refractivity contribution in [2.45, 2.75) is 65.3 Å². The summed E-state index contributed by atoms with van der Waals surface area (Å²) in [6, 6.07) is 2.46. The molecule has 2 atom stereocenters. The maximum absolute atomic E-state index is 13.2. The van der Waals surface area contributed by atoms with E-state index in [-0.39, 0.29) is 5.91 Å². The predicted octanol–water partition coefficient (Wildman–Crippen LogP) is 6.65. The van der Waals surface area contributed by atoms with Crippen molar-refractivity contribution < 1.29 is 9.53 Å².